The van der Waals surface area contributed by atoms with E-state index >= 15 is 0 Å². The molecule has 8 nitrogen and oxygen atoms in total. The maximum absolute atomic E-state index is 13.1. The van der Waals surface area contributed by atoms with Crippen LogP contribution in [0.3, 0.4) is 0 Å². The lowest BCUT2D eigenvalue weighted by molar-refractivity contribution is -0.140. The lowest BCUT2D eigenvalue weighted by Crippen LogP contribution is -2.55. The summed E-state index contributed by atoms with van der Waals surface area (Å²) in [5, 5.41) is 2.91. The third-order valence-corrected chi connectivity index (χ3v) is 6.86. The second-order valence-corrected chi connectivity index (χ2v) is 8.51. The highest BCUT2D eigenvalue weighted by molar-refractivity contribution is 6.09. The number of carbonyl (C=O) groups is 3. The Labute approximate surface area is 177 Å². The van der Waals surface area contributed by atoms with E-state index in [-0.39, 0.29) is 24.3 Å². The minimum absolute atomic E-state index is 0.0934. The molecule has 2 atom stereocenters. The van der Waals surface area contributed by atoms with Gasteiger partial charge in [0.05, 0.1) is 7.11 Å². The fourth-order valence-electron chi connectivity index (χ4n) is 4.88. The Hall–Kier alpha value is -2.77. The van der Waals surface area contributed by atoms with Gasteiger partial charge in [0.2, 0.25) is 5.91 Å². The van der Waals surface area contributed by atoms with Crippen LogP contribution < -0.4 is 15.0 Å². The van der Waals surface area contributed by atoms with Gasteiger partial charge in [0, 0.05) is 31.9 Å². The molecule has 2 saturated heterocycles. The summed E-state index contributed by atoms with van der Waals surface area (Å²) in [6.07, 6.45) is 3.57. The Balaban J connectivity index is 1.34. The Morgan fingerprint density at radius 2 is 1.83 bits per heavy atom. The summed E-state index contributed by atoms with van der Waals surface area (Å²) in [6.45, 7) is 4.38. The van der Waals surface area contributed by atoms with E-state index in [0.29, 0.717) is 32.6 Å². The Kier molecular flexibility index (Phi) is 5.58. The zero-order valence-electron chi connectivity index (χ0n) is 17.7. The maximum Gasteiger partial charge on any atom is 0.325 e. The maximum atomic E-state index is 13.1. The van der Waals surface area contributed by atoms with Crippen LogP contribution in [0, 0.1) is 5.92 Å². The third kappa shape index (κ3) is 3.59. The van der Waals surface area contributed by atoms with E-state index in [1.165, 1.54) is 0 Å². The molecule has 0 bridgehead atoms. The van der Waals surface area contributed by atoms with Crippen molar-refractivity contribution in [1.82, 2.24) is 15.1 Å². The molecular formula is C22H30N4O4. The van der Waals surface area contributed by atoms with Gasteiger partial charge in [-0.15, -0.1) is 0 Å². The van der Waals surface area contributed by atoms with E-state index in [4.69, 9.17) is 4.74 Å². The second kappa shape index (κ2) is 8.16. The molecule has 2 aliphatic heterocycles. The highest BCUT2D eigenvalue weighted by atomic mass is 16.5. The van der Waals surface area contributed by atoms with Crippen molar-refractivity contribution in [3.8, 4) is 5.75 Å². The first-order valence-corrected chi connectivity index (χ1v) is 10.8. The van der Waals surface area contributed by atoms with Gasteiger partial charge in [-0.2, -0.15) is 0 Å². The third-order valence-electron chi connectivity index (χ3n) is 6.86. The summed E-state index contributed by atoms with van der Waals surface area (Å²) in [7, 11) is 1.64. The van der Waals surface area contributed by atoms with Gasteiger partial charge in [-0.25, -0.2) is 4.79 Å². The quantitative estimate of drug-likeness (QED) is 0.761. The van der Waals surface area contributed by atoms with Crippen molar-refractivity contribution < 1.29 is 19.1 Å². The molecule has 1 aromatic rings. The fourth-order valence-corrected chi connectivity index (χ4v) is 4.88. The largest absolute Gasteiger partial charge is 0.497 e. The number of anilines is 1. The molecule has 0 aromatic heterocycles. The van der Waals surface area contributed by atoms with E-state index in [0.717, 1.165) is 35.6 Å². The first-order valence-electron chi connectivity index (χ1n) is 10.8. The predicted octanol–water partition coefficient (Wildman–Crippen LogP) is 1.84. The van der Waals surface area contributed by atoms with Crippen LogP contribution in [0.4, 0.5) is 10.5 Å². The van der Waals surface area contributed by atoms with Crippen molar-refractivity contribution in [2.24, 2.45) is 5.92 Å². The number of urea groups is 1. The van der Waals surface area contributed by atoms with Crippen LogP contribution in [0.5, 0.6) is 5.75 Å². The number of hydrogen-bond acceptors (Lipinski definition) is 5. The van der Waals surface area contributed by atoms with Crippen LogP contribution in [0.25, 0.3) is 0 Å². The molecule has 1 saturated carbocycles. The zero-order valence-corrected chi connectivity index (χ0v) is 17.7. The van der Waals surface area contributed by atoms with Gasteiger partial charge in [0.1, 0.15) is 17.8 Å². The number of methoxy groups -OCH3 is 1. The smallest absolute Gasteiger partial charge is 0.325 e. The van der Waals surface area contributed by atoms with Crippen molar-refractivity contribution in [2.75, 3.05) is 44.7 Å². The molecule has 1 spiro atoms. The van der Waals surface area contributed by atoms with Gasteiger partial charge in [0.25, 0.3) is 5.91 Å². The standard InChI is InChI=1S/C22H30N4O4/c1-16-5-3-4-10-22(16)20(28)26(21(29)23-22)15-19(27)25-13-11-24(12-14-25)17-6-8-18(30-2)9-7-17/h6-9,16H,3-5,10-15H2,1-2H3,(H,23,29)/t16-,22+/m1/s1. The van der Waals surface area contributed by atoms with Crippen molar-refractivity contribution in [1.29, 1.82) is 0 Å². The van der Waals surface area contributed by atoms with Gasteiger partial charge < -0.3 is 19.9 Å². The SMILES string of the molecule is COc1ccc(N2CCN(C(=O)CN3C(=O)N[C@]4(CCCC[C@H]4C)C3=O)CC2)cc1. The molecule has 162 valence electrons. The Bertz CT molecular complexity index is 819. The van der Waals surface area contributed by atoms with Gasteiger partial charge in [0.15, 0.2) is 0 Å². The molecule has 0 unspecified atom stereocenters. The lowest BCUT2D eigenvalue weighted by Gasteiger charge is -2.37. The molecule has 1 aliphatic carbocycles. The number of imide groups is 1. The molecule has 30 heavy (non-hydrogen) atoms. The number of hydrogen-bond donors (Lipinski definition) is 1. The van der Waals surface area contributed by atoms with E-state index in [2.05, 4.69) is 10.2 Å². The second-order valence-electron chi connectivity index (χ2n) is 8.51. The number of nitrogens with one attached hydrogen (secondary N) is 1. The molecule has 0 radical (unpaired) electrons. The van der Waals surface area contributed by atoms with Gasteiger partial charge in [-0.05, 0) is 43.0 Å². The molecule has 1 N–H and O–H groups in total. The van der Waals surface area contributed by atoms with Crippen LogP contribution in [-0.4, -0.2) is 73.0 Å². The number of piperazine rings is 1. The van der Waals surface area contributed by atoms with Gasteiger partial charge in [-0.1, -0.05) is 19.8 Å². The highest BCUT2D eigenvalue weighted by Crippen LogP contribution is 2.38. The average molecular weight is 415 g/mol. The fraction of sp³-hybridized carbons (Fsp3) is 0.591. The van der Waals surface area contributed by atoms with E-state index in [1.807, 2.05) is 31.2 Å². The molecule has 1 aromatic carbocycles. The van der Waals surface area contributed by atoms with E-state index in [1.54, 1.807) is 12.0 Å². The van der Waals surface area contributed by atoms with E-state index in [9.17, 15) is 14.4 Å². The van der Waals surface area contributed by atoms with E-state index < -0.39 is 11.6 Å². The zero-order chi connectivity index (χ0) is 21.3. The first-order chi connectivity index (χ1) is 14.4. The number of amides is 4. The molecule has 2 heterocycles. The lowest BCUT2D eigenvalue weighted by atomic mass is 9.73. The molecule has 8 heteroatoms. The van der Waals surface area contributed by atoms with Crippen LogP contribution in [0.1, 0.15) is 32.6 Å². The minimum Gasteiger partial charge on any atom is -0.497 e. The molecule has 3 fully saturated rings. The minimum atomic E-state index is -0.817. The first kappa shape index (κ1) is 20.5. The average Bonchev–Trinajstić information content (AvgIpc) is 3.01. The molecular weight excluding hydrogens is 384 g/mol. The Morgan fingerprint density at radius 3 is 2.47 bits per heavy atom. The number of nitrogens with zero attached hydrogens (tertiary/aromatic N) is 3. The summed E-state index contributed by atoms with van der Waals surface area (Å²) < 4.78 is 5.20. The van der Waals surface area contributed by atoms with Crippen molar-refractivity contribution in [2.45, 2.75) is 38.1 Å². The van der Waals surface area contributed by atoms with Crippen LogP contribution in [0.2, 0.25) is 0 Å². The van der Waals surface area contributed by atoms with Crippen molar-refractivity contribution >= 4 is 23.5 Å². The summed E-state index contributed by atoms with van der Waals surface area (Å²) >= 11 is 0. The molecule has 3 aliphatic rings. The van der Waals surface area contributed by atoms with Crippen LogP contribution in [-0.2, 0) is 9.59 Å². The monoisotopic (exact) mass is 414 g/mol. The van der Waals surface area contributed by atoms with Gasteiger partial charge >= 0.3 is 6.03 Å². The van der Waals surface area contributed by atoms with Crippen LogP contribution in [0.15, 0.2) is 24.3 Å². The van der Waals surface area contributed by atoms with Gasteiger partial charge in [-0.3, -0.25) is 14.5 Å². The predicted molar refractivity (Wildman–Crippen MR) is 112 cm³/mol. The number of benzene rings is 1. The summed E-state index contributed by atoms with van der Waals surface area (Å²) in [4.78, 5) is 43.5. The normalized spacial score (nSPS) is 26.9. The Morgan fingerprint density at radius 1 is 1.13 bits per heavy atom. The molecule has 4 amide bonds. The number of carbonyl (C=O) groups excluding carboxylic acids is 3. The summed E-state index contributed by atoms with van der Waals surface area (Å²) in [6, 6.07) is 7.43. The number of ether oxygens (including phenoxy) is 1. The van der Waals surface area contributed by atoms with Crippen molar-refractivity contribution in [3.63, 3.8) is 0 Å². The summed E-state index contributed by atoms with van der Waals surface area (Å²) in [5.74, 6) is 0.500. The van der Waals surface area contributed by atoms with Crippen molar-refractivity contribution in [3.05, 3.63) is 24.3 Å². The topological polar surface area (TPSA) is 82.2 Å². The number of rotatable bonds is 4. The summed E-state index contributed by atoms with van der Waals surface area (Å²) in [5.41, 5.74) is 0.271. The highest BCUT2D eigenvalue weighted by Gasteiger charge is 2.55. The van der Waals surface area contributed by atoms with Crippen LogP contribution >= 0.6 is 0 Å². The molecule has 4 rings (SSSR count).